The monoisotopic (exact) mass is 540 g/mol. The van der Waals surface area contributed by atoms with Crippen molar-refractivity contribution < 1.29 is 18.3 Å². The van der Waals surface area contributed by atoms with E-state index in [0.29, 0.717) is 68.0 Å². The van der Waals surface area contributed by atoms with E-state index in [-0.39, 0.29) is 23.8 Å². The highest BCUT2D eigenvalue weighted by atomic mass is 19.3. The number of carbonyl (C=O) groups is 1. The van der Waals surface area contributed by atoms with Crippen LogP contribution in [0.25, 0.3) is 16.9 Å². The van der Waals surface area contributed by atoms with Gasteiger partial charge >= 0.3 is 0 Å². The van der Waals surface area contributed by atoms with E-state index < -0.39 is 6.43 Å². The summed E-state index contributed by atoms with van der Waals surface area (Å²) in [5.41, 5.74) is 1.03. The molecule has 1 N–H and O–H groups in total. The zero-order valence-corrected chi connectivity index (χ0v) is 22.1. The van der Waals surface area contributed by atoms with Gasteiger partial charge in [0.05, 0.1) is 30.3 Å². The van der Waals surface area contributed by atoms with E-state index >= 15 is 0 Å². The molecule has 0 saturated carbocycles. The van der Waals surface area contributed by atoms with Crippen LogP contribution in [0, 0.1) is 0 Å². The van der Waals surface area contributed by atoms with Crippen LogP contribution < -0.4 is 10.2 Å². The number of alkyl halides is 2. The second kappa shape index (κ2) is 11.0. The molecule has 10 nitrogen and oxygen atoms in total. The standard InChI is InChI=1S/C27H34F2N8O2/c1-34-10-5-4-8-21(34)26(38)36-11-9-18(17-36)30-27-32-22(35-12-14-39-15-13-35)16-23(33-27)37-20-7-3-2-6-19(20)31-25(37)24(28)29/h2-3,6-7,16,18,21,24H,4-5,8-15,17H2,1H3,(H,30,32,33)/t18-,21?/m0/s1. The molecule has 208 valence electrons. The highest BCUT2D eigenvalue weighted by Gasteiger charge is 2.34. The number of halogens is 2. The number of fused-ring (bicyclic) bond motifs is 1. The van der Waals surface area contributed by atoms with Crippen molar-refractivity contribution >= 4 is 28.7 Å². The molecule has 2 aromatic heterocycles. The summed E-state index contributed by atoms with van der Waals surface area (Å²) in [6.07, 6.45) is 1.08. The summed E-state index contributed by atoms with van der Waals surface area (Å²) in [4.78, 5) is 33.0. The van der Waals surface area contributed by atoms with Gasteiger partial charge in [0.1, 0.15) is 11.6 Å². The lowest BCUT2D eigenvalue weighted by atomic mass is 10.0. The fourth-order valence-corrected chi connectivity index (χ4v) is 5.85. The zero-order chi connectivity index (χ0) is 26.9. The highest BCUT2D eigenvalue weighted by molar-refractivity contribution is 5.82. The number of carbonyl (C=O) groups excluding carboxylic acids is 1. The van der Waals surface area contributed by atoms with Gasteiger partial charge in [-0.05, 0) is 45.0 Å². The molecular formula is C27H34F2N8O2. The summed E-state index contributed by atoms with van der Waals surface area (Å²) in [5.74, 6) is 1.13. The van der Waals surface area contributed by atoms with Gasteiger partial charge in [0, 0.05) is 38.3 Å². The summed E-state index contributed by atoms with van der Waals surface area (Å²) in [7, 11) is 2.02. The Labute approximate surface area is 226 Å². The lowest BCUT2D eigenvalue weighted by Gasteiger charge is -2.34. The first-order valence-corrected chi connectivity index (χ1v) is 13.7. The number of morpholine rings is 1. The Balaban J connectivity index is 1.30. The predicted octanol–water partition coefficient (Wildman–Crippen LogP) is 3.09. The first kappa shape index (κ1) is 25.9. The third kappa shape index (κ3) is 5.27. The van der Waals surface area contributed by atoms with Gasteiger partial charge in [-0.15, -0.1) is 0 Å². The maximum atomic E-state index is 14.1. The summed E-state index contributed by atoms with van der Waals surface area (Å²) in [6.45, 7) is 4.58. The molecular weight excluding hydrogens is 506 g/mol. The number of amides is 1. The topological polar surface area (TPSA) is 91.7 Å². The Kier molecular flexibility index (Phi) is 7.30. The van der Waals surface area contributed by atoms with Crippen molar-refractivity contribution in [2.45, 2.75) is 44.2 Å². The average molecular weight is 541 g/mol. The molecule has 3 aliphatic rings. The molecule has 2 atom stereocenters. The van der Waals surface area contributed by atoms with Gasteiger partial charge in [-0.2, -0.15) is 9.97 Å². The molecule has 0 radical (unpaired) electrons. The SMILES string of the molecule is CN1CCCCC1C(=O)N1CC[C@H](Nc2nc(N3CCOCC3)cc(-n3c(C(F)F)nc4ccccc43)n2)C1. The molecule has 6 rings (SSSR count). The van der Waals surface area contributed by atoms with Crippen LogP contribution in [0.1, 0.15) is 37.9 Å². The molecule has 0 spiro atoms. The van der Waals surface area contributed by atoms with E-state index in [1.807, 2.05) is 11.9 Å². The Hall–Kier alpha value is -3.38. The minimum absolute atomic E-state index is 0.0373. The van der Waals surface area contributed by atoms with Gasteiger partial charge in [-0.25, -0.2) is 13.8 Å². The molecule has 3 fully saturated rings. The minimum atomic E-state index is -2.78. The number of aromatic nitrogens is 4. The molecule has 39 heavy (non-hydrogen) atoms. The number of nitrogens with zero attached hydrogens (tertiary/aromatic N) is 7. The maximum Gasteiger partial charge on any atom is 0.296 e. The number of anilines is 2. The number of imidazole rings is 1. The van der Waals surface area contributed by atoms with Crippen molar-refractivity contribution in [2.24, 2.45) is 0 Å². The third-order valence-electron chi connectivity index (χ3n) is 7.93. The second-order valence-corrected chi connectivity index (χ2v) is 10.5. The number of hydrogen-bond donors (Lipinski definition) is 1. The second-order valence-electron chi connectivity index (χ2n) is 10.5. The van der Waals surface area contributed by atoms with Crippen LogP contribution in [0.15, 0.2) is 30.3 Å². The molecule has 3 saturated heterocycles. The number of hydrogen-bond acceptors (Lipinski definition) is 8. The largest absolute Gasteiger partial charge is 0.378 e. The van der Waals surface area contributed by atoms with Crippen LogP contribution in [0.5, 0.6) is 0 Å². The number of rotatable bonds is 6. The van der Waals surface area contributed by atoms with Gasteiger partial charge in [-0.3, -0.25) is 14.3 Å². The quantitative estimate of drug-likeness (QED) is 0.510. The number of likely N-dealkylation sites (N-methyl/N-ethyl adjacent to an activating group) is 1. The molecule has 3 aromatic rings. The normalized spacial score (nSPS) is 22.7. The number of likely N-dealkylation sites (tertiary alicyclic amines) is 2. The molecule has 1 aromatic carbocycles. The van der Waals surface area contributed by atoms with Crippen LogP contribution in [-0.2, 0) is 9.53 Å². The van der Waals surface area contributed by atoms with E-state index in [4.69, 9.17) is 14.7 Å². The number of benzene rings is 1. The van der Waals surface area contributed by atoms with Crippen molar-refractivity contribution in [2.75, 3.05) is 63.2 Å². The van der Waals surface area contributed by atoms with Gasteiger partial charge in [-0.1, -0.05) is 18.6 Å². The summed E-state index contributed by atoms with van der Waals surface area (Å²) >= 11 is 0. The Morgan fingerprint density at radius 1 is 1.03 bits per heavy atom. The maximum absolute atomic E-state index is 14.1. The van der Waals surface area contributed by atoms with Crippen LogP contribution in [0.3, 0.4) is 0 Å². The number of nitrogens with one attached hydrogen (secondary N) is 1. The van der Waals surface area contributed by atoms with Gasteiger partial charge in [0.15, 0.2) is 5.82 Å². The summed E-state index contributed by atoms with van der Waals surface area (Å²) < 4.78 is 35.2. The molecule has 1 amide bonds. The van der Waals surface area contributed by atoms with Crippen molar-refractivity contribution in [1.82, 2.24) is 29.3 Å². The lowest BCUT2D eigenvalue weighted by Crippen LogP contribution is -2.49. The summed E-state index contributed by atoms with van der Waals surface area (Å²) in [5, 5.41) is 3.41. The first-order chi connectivity index (χ1) is 19.0. The first-order valence-electron chi connectivity index (χ1n) is 13.7. The van der Waals surface area contributed by atoms with Crippen LogP contribution in [0.2, 0.25) is 0 Å². The number of ether oxygens (including phenoxy) is 1. The third-order valence-corrected chi connectivity index (χ3v) is 7.93. The smallest absolute Gasteiger partial charge is 0.296 e. The van der Waals surface area contributed by atoms with Crippen molar-refractivity contribution in [3.8, 4) is 5.82 Å². The highest BCUT2D eigenvalue weighted by Crippen LogP contribution is 2.30. The Bertz CT molecular complexity index is 1330. The van der Waals surface area contributed by atoms with E-state index in [9.17, 15) is 13.6 Å². The number of piperidine rings is 1. The Morgan fingerprint density at radius 3 is 2.62 bits per heavy atom. The van der Waals surface area contributed by atoms with E-state index in [1.165, 1.54) is 4.57 Å². The predicted molar refractivity (Wildman–Crippen MR) is 144 cm³/mol. The fourth-order valence-electron chi connectivity index (χ4n) is 5.85. The summed E-state index contributed by atoms with van der Waals surface area (Å²) in [6, 6.07) is 8.69. The molecule has 1 unspecified atom stereocenters. The molecule has 12 heteroatoms. The van der Waals surface area contributed by atoms with Gasteiger partial charge in [0.2, 0.25) is 11.9 Å². The van der Waals surface area contributed by atoms with Crippen molar-refractivity contribution in [3.05, 3.63) is 36.2 Å². The van der Waals surface area contributed by atoms with E-state index in [2.05, 4.69) is 20.1 Å². The van der Waals surface area contributed by atoms with Gasteiger partial charge in [0.25, 0.3) is 6.43 Å². The fraction of sp³-hybridized carbons (Fsp3) is 0.556. The zero-order valence-electron chi connectivity index (χ0n) is 22.1. The molecule has 5 heterocycles. The van der Waals surface area contributed by atoms with Gasteiger partial charge < -0.3 is 19.9 Å². The minimum Gasteiger partial charge on any atom is -0.378 e. The molecule has 3 aliphatic heterocycles. The molecule has 0 bridgehead atoms. The van der Waals surface area contributed by atoms with Crippen LogP contribution in [0.4, 0.5) is 20.5 Å². The van der Waals surface area contributed by atoms with Crippen LogP contribution in [-0.4, -0.2) is 100 Å². The van der Waals surface area contributed by atoms with Crippen molar-refractivity contribution in [3.63, 3.8) is 0 Å². The van der Waals surface area contributed by atoms with E-state index in [0.717, 1.165) is 32.2 Å². The average Bonchev–Trinajstić information content (AvgIpc) is 3.58. The Morgan fingerprint density at radius 2 is 1.82 bits per heavy atom. The van der Waals surface area contributed by atoms with Crippen LogP contribution >= 0.6 is 0 Å². The van der Waals surface area contributed by atoms with E-state index in [1.54, 1.807) is 30.3 Å². The number of para-hydroxylation sites is 2. The molecule has 0 aliphatic carbocycles. The lowest BCUT2D eigenvalue weighted by molar-refractivity contribution is -0.136. The van der Waals surface area contributed by atoms with Crippen molar-refractivity contribution in [1.29, 1.82) is 0 Å².